The van der Waals surface area contributed by atoms with Gasteiger partial charge in [-0.2, -0.15) is 4.98 Å². The van der Waals surface area contributed by atoms with Crippen molar-refractivity contribution in [2.45, 2.75) is 0 Å². The van der Waals surface area contributed by atoms with Gasteiger partial charge in [-0.25, -0.2) is 9.78 Å². The molecule has 0 spiro atoms. The minimum absolute atomic E-state index is 0.0273. The third-order valence-corrected chi connectivity index (χ3v) is 2.75. The fourth-order valence-corrected chi connectivity index (χ4v) is 1.57. The average Bonchev–Trinajstić information content (AvgIpc) is 2.41. The Kier molecular flexibility index (Phi) is 4.08. The van der Waals surface area contributed by atoms with Gasteiger partial charge in [-0.05, 0) is 46.9 Å². The summed E-state index contributed by atoms with van der Waals surface area (Å²) in [5, 5.41) is 0. The number of hydrogen-bond donors (Lipinski definition) is 0. The first kappa shape index (κ1) is 12.7. The number of nitrogens with zero attached hydrogens (tertiary/aromatic N) is 2. The monoisotopic (exact) mass is 356 g/mol. The van der Waals surface area contributed by atoms with Crippen molar-refractivity contribution in [3.8, 4) is 11.6 Å². The maximum atomic E-state index is 11.3. The number of hydrogen-bond acceptors (Lipinski definition) is 5. The molecular formula is C12H9IN2O3. The molecule has 0 fully saturated rings. The van der Waals surface area contributed by atoms with Crippen molar-refractivity contribution in [2.24, 2.45) is 0 Å². The van der Waals surface area contributed by atoms with Crippen LogP contribution in [-0.4, -0.2) is 23.0 Å². The van der Waals surface area contributed by atoms with Crippen LogP contribution in [0.15, 0.2) is 36.5 Å². The normalized spacial score (nSPS) is 9.89. The Morgan fingerprint density at radius 1 is 1.22 bits per heavy atom. The van der Waals surface area contributed by atoms with Crippen LogP contribution in [0.3, 0.4) is 0 Å². The first-order valence-corrected chi connectivity index (χ1v) is 6.11. The van der Waals surface area contributed by atoms with E-state index in [1.54, 1.807) is 6.07 Å². The second-order valence-corrected chi connectivity index (χ2v) is 4.51. The number of rotatable bonds is 3. The van der Waals surface area contributed by atoms with Crippen LogP contribution in [0, 0.1) is 3.57 Å². The number of benzene rings is 1. The molecule has 0 aliphatic carbocycles. The van der Waals surface area contributed by atoms with Gasteiger partial charge in [0.05, 0.1) is 7.11 Å². The zero-order valence-electron chi connectivity index (χ0n) is 9.46. The van der Waals surface area contributed by atoms with Crippen LogP contribution in [0.4, 0.5) is 0 Å². The van der Waals surface area contributed by atoms with Crippen molar-refractivity contribution in [2.75, 3.05) is 7.11 Å². The van der Waals surface area contributed by atoms with Crippen molar-refractivity contribution in [1.82, 2.24) is 9.97 Å². The quantitative estimate of drug-likeness (QED) is 0.625. The van der Waals surface area contributed by atoms with Gasteiger partial charge in [-0.15, -0.1) is 0 Å². The molecule has 1 heterocycles. The van der Waals surface area contributed by atoms with Crippen molar-refractivity contribution in [3.05, 3.63) is 45.9 Å². The van der Waals surface area contributed by atoms with Gasteiger partial charge in [0, 0.05) is 15.8 Å². The van der Waals surface area contributed by atoms with Gasteiger partial charge in [-0.3, -0.25) is 0 Å². The van der Waals surface area contributed by atoms with Crippen LogP contribution in [-0.2, 0) is 4.74 Å². The highest BCUT2D eigenvalue weighted by Crippen LogP contribution is 2.20. The lowest BCUT2D eigenvalue weighted by Crippen LogP contribution is -2.07. The van der Waals surface area contributed by atoms with Crippen LogP contribution in [0.25, 0.3) is 0 Å². The number of halogens is 1. The number of ether oxygens (including phenoxy) is 2. The van der Waals surface area contributed by atoms with E-state index in [1.807, 2.05) is 24.3 Å². The zero-order chi connectivity index (χ0) is 13.0. The number of methoxy groups -OCH3 is 1. The third-order valence-electron chi connectivity index (χ3n) is 2.03. The summed E-state index contributed by atoms with van der Waals surface area (Å²) in [6, 6.07) is 9.05. The van der Waals surface area contributed by atoms with Gasteiger partial charge in [-0.1, -0.05) is 0 Å². The van der Waals surface area contributed by atoms with Crippen LogP contribution in [0.5, 0.6) is 11.6 Å². The molecule has 0 saturated carbocycles. The van der Waals surface area contributed by atoms with Gasteiger partial charge in [0.2, 0.25) is 11.7 Å². The Morgan fingerprint density at radius 3 is 2.61 bits per heavy atom. The summed E-state index contributed by atoms with van der Waals surface area (Å²) in [7, 11) is 1.28. The number of carbonyl (C=O) groups excluding carboxylic acids is 1. The molecule has 0 unspecified atom stereocenters. The number of carbonyl (C=O) groups is 1. The molecule has 0 atom stereocenters. The van der Waals surface area contributed by atoms with Crippen molar-refractivity contribution in [3.63, 3.8) is 0 Å². The minimum atomic E-state index is -0.594. The van der Waals surface area contributed by atoms with E-state index >= 15 is 0 Å². The zero-order valence-corrected chi connectivity index (χ0v) is 11.6. The third kappa shape index (κ3) is 3.16. The summed E-state index contributed by atoms with van der Waals surface area (Å²) in [5.41, 5.74) is 0. The van der Waals surface area contributed by atoms with E-state index < -0.39 is 5.97 Å². The molecule has 92 valence electrons. The highest BCUT2D eigenvalue weighted by molar-refractivity contribution is 14.1. The fraction of sp³-hybridized carbons (Fsp3) is 0.0833. The summed E-state index contributed by atoms with van der Waals surface area (Å²) in [5.74, 6) is 0.320. The Balaban J connectivity index is 2.19. The summed E-state index contributed by atoms with van der Waals surface area (Å²) < 4.78 is 11.2. The van der Waals surface area contributed by atoms with Crippen molar-refractivity contribution < 1.29 is 14.3 Å². The molecule has 2 rings (SSSR count). The fourth-order valence-electron chi connectivity index (χ4n) is 1.21. The topological polar surface area (TPSA) is 61.3 Å². The standard InChI is InChI=1S/C12H9IN2O3/c1-17-12(16)11-14-7-6-10(15-11)18-9-4-2-8(13)3-5-9/h2-7H,1H3. The summed E-state index contributed by atoms with van der Waals surface area (Å²) >= 11 is 2.20. The molecule has 0 aliphatic heterocycles. The highest BCUT2D eigenvalue weighted by Gasteiger charge is 2.10. The van der Waals surface area contributed by atoms with Crippen LogP contribution in [0.2, 0.25) is 0 Å². The SMILES string of the molecule is COC(=O)c1nccc(Oc2ccc(I)cc2)n1. The summed E-state index contributed by atoms with van der Waals surface area (Å²) in [6.45, 7) is 0. The predicted molar refractivity (Wildman–Crippen MR) is 72.6 cm³/mol. The van der Waals surface area contributed by atoms with Gasteiger partial charge < -0.3 is 9.47 Å². The van der Waals surface area contributed by atoms with Crippen LogP contribution >= 0.6 is 22.6 Å². The second kappa shape index (κ2) is 5.76. The Morgan fingerprint density at radius 2 is 1.94 bits per heavy atom. The van der Waals surface area contributed by atoms with Gasteiger partial charge in [0.25, 0.3) is 0 Å². The average molecular weight is 356 g/mol. The second-order valence-electron chi connectivity index (χ2n) is 3.27. The largest absolute Gasteiger partial charge is 0.463 e. The smallest absolute Gasteiger partial charge is 0.376 e. The molecule has 1 aromatic carbocycles. The van der Waals surface area contributed by atoms with E-state index in [1.165, 1.54) is 13.3 Å². The molecule has 0 radical (unpaired) electrons. The lowest BCUT2D eigenvalue weighted by molar-refractivity contribution is 0.0585. The Bertz CT molecular complexity index is 558. The van der Waals surface area contributed by atoms with E-state index in [0.29, 0.717) is 11.6 Å². The molecule has 0 saturated heterocycles. The first-order chi connectivity index (χ1) is 8.69. The van der Waals surface area contributed by atoms with Gasteiger partial charge in [0.15, 0.2) is 0 Å². The maximum Gasteiger partial charge on any atom is 0.376 e. The van der Waals surface area contributed by atoms with E-state index in [0.717, 1.165) is 3.57 Å². The molecule has 1 aromatic heterocycles. The van der Waals surface area contributed by atoms with Crippen molar-refractivity contribution in [1.29, 1.82) is 0 Å². The molecule has 18 heavy (non-hydrogen) atoms. The summed E-state index contributed by atoms with van der Waals surface area (Å²) in [4.78, 5) is 19.0. The molecule has 0 aliphatic rings. The highest BCUT2D eigenvalue weighted by atomic mass is 127. The number of esters is 1. The molecule has 5 nitrogen and oxygen atoms in total. The van der Waals surface area contributed by atoms with Crippen LogP contribution < -0.4 is 4.74 Å². The van der Waals surface area contributed by atoms with Crippen LogP contribution in [0.1, 0.15) is 10.6 Å². The van der Waals surface area contributed by atoms with E-state index in [9.17, 15) is 4.79 Å². The Labute approximate surface area is 117 Å². The van der Waals surface area contributed by atoms with E-state index in [2.05, 4.69) is 37.3 Å². The lowest BCUT2D eigenvalue weighted by atomic mass is 10.3. The Hall–Kier alpha value is -1.70. The predicted octanol–water partition coefficient (Wildman–Crippen LogP) is 2.66. The minimum Gasteiger partial charge on any atom is -0.463 e. The summed E-state index contributed by atoms with van der Waals surface area (Å²) in [6.07, 6.45) is 1.45. The van der Waals surface area contributed by atoms with Gasteiger partial charge >= 0.3 is 5.97 Å². The molecule has 6 heteroatoms. The lowest BCUT2D eigenvalue weighted by Gasteiger charge is -2.05. The first-order valence-electron chi connectivity index (χ1n) is 5.04. The number of aromatic nitrogens is 2. The molecule has 0 amide bonds. The molecule has 0 bridgehead atoms. The van der Waals surface area contributed by atoms with Crippen molar-refractivity contribution >= 4 is 28.6 Å². The van der Waals surface area contributed by atoms with Gasteiger partial charge in [0.1, 0.15) is 5.75 Å². The van der Waals surface area contributed by atoms with E-state index in [4.69, 9.17) is 4.74 Å². The molecule has 2 aromatic rings. The molecule has 0 N–H and O–H groups in total. The molecular weight excluding hydrogens is 347 g/mol. The van der Waals surface area contributed by atoms with E-state index in [-0.39, 0.29) is 5.82 Å². The maximum absolute atomic E-state index is 11.3.